The van der Waals surface area contributed by atoms with E-state index < -0.39 is 5.54 Å². The number of nitrogens with one attached hydrogen (secondary N) is 1. The van der Waals surface area contributed by atoms with Gasteiger partial charge in [0.05, 0.1) is 23.9 Å². The van der Waals surface area contributed by atoms with E-state index in [0.29, 0.717) is 17.3 Å². The van der Waals surface area contributed by atoms with Crippen LogP contribution < -0.4 is 5.32 Å². The molecule has 0 saturated carbocycles. The number of rotatable bonds is 6. The number of likely N-dealkylation sites (N-methyl/N-ethyl adjacent to an activating group) is 1. The summed E-state index contributed by atoms with van der Waals surface area (Å²) in [4.78, 5) is 14.1. The lowest BCUT2D eigenvalue weighted by molar-refractivity contribution is -0.119. The maximum absolute atomic E-state index is 12.2. The van der Waals surface area contributed by atoms with Crippen LogP contribution in [0.1, 0.15) is 26.3 Å². The van der Waals surface area contributed by atoms with Crippen LogP contribution in [0.15, 0.2) is 18.2 Å². The van der Waals surface area contributed by atoms with Gasteiger partial charge in [-0.05, 0) is 38.9 Å². The fourth-order valence-corrected chi connectivity index (χ4v) is 2.27. The SMILES string of the molecule is CCN(CC(=O)Nc1c(C)cccc1Cl)C(C)(C)CO. The van der Waals surface area contributed by atoms with E-state index in [-0.39, 0.29) is 19.1 Å². The van der Waals surface area contributed by atoms with Gasteiger partial charge < -0.3 is 10.4 Å². The first-order valence-corrected chi connectivity index (χ1v) is 7.10. The molecule has 0 atom stereocenters. The maximum atomic E-state index is 12.2. The van der Waals surface area contributed by atoms with E-state index in [0.717, 1.165) is 5.56 Å². The first kappa shape index (κ1) is 17.0. The third kappa shape index (κ3) is 4.20. The van der Waals surface area contributed by atoms with E-state index in [4.69, 9.17) is 11.6 Å². The Labute approximate surface area is 125 Å². The number of hydrogen-bond acceptors (Lipinski definition) is 3. The van der Waals surface area contributed by atoms with Crippen LogP contribution in [0.25, 0.3) is 0 Å². The van der Waals surface area contributed by atoms with Gasteiger partial charge in [-0.1, -0.05) is 30.7 Å². The van der Waals surface area contributed by atoms with Gasteiger partial charge in [-0.2, -0.15) is 0 Å². The van der Waals surface area contributed by atoms with Crippen LogP contribution in [-0.4, -0.2) is 41.1 Å². The number of carbonyl (C=O) groups excluding carboxylic acids is 1. The molecule has 1 aromatic carbocycles. The lowest BCUT2D eigenvalue weighted by Crippen LogP contribution is -2.49. The summed E-state index contributed by atoms with van der Waals surface area (Å²) in [5.74, 6) is -0.135. The molecule has 0 fully saturated rings. The monoisotopic (exact) mass is 298 g/mol. The number of aryl methyl sites for hydroxylation is 1. The summed E-state index contributed by atoms with van der Waals surface area (Å²) in [6, 6.07) is 5.50. The van der Waals surface area contributed by atoms with E-state index in [2.05, 4.69) is 5.32 Å². The Balaban J connectivity index is 2.77. The number of aliphatic hydroxyl groups excluding tert-OH is 1. The molecule has 1 rings (SSSR count). The van der Waals surface area contributed by atoms with Gasteiger partial charge in [-0.25, -0.2) is 0 Å². The fourth-order valence-electron chi connectivity index (χ4n) is 2.00. The number of halogens is 1. The lowest BCUT2D eigenvalue weighted by atomic mass is 10.0. The van der Waals surface area contributed by atoms with E-state index in [1.807, 2.05) is 44.7 Å². The van der Waals surface area contributed by atoms with Crippen molar-refractivity contribution in [2.75, 3.05) is 25.0 Å². The third-order valence-corrected chi connectivity index (χ3v) is 3.76. The number of para-hydroxylation sites is 1. The number of amides is 1. The van der Waals surface area contributed by atoms with Gasteiger partial charge in [0.25, 0.3) is 0 Å². The van der Waals surface area contributed by atoms with E-state index in [1.54, 1.807) is 6.07 Å². The average molecular weight is 299 g/mol. The van der Waals surface area contributed by atoms with E-state index >= 15 is 0 Å². The third-order valence-electron chi connectivity index (χ3n) is 3.45. The minimum absolute atomic E-state index is 0.000753. The smallest absolute Gasteiger partial charge is 0.238 e. The summed E-state index contributed by atoms with van der Waals surface area (Å²) in [7, 11) is 0. The van der Waals surface area contributed by atoms with Gasteiger partial charge in [0, 0.05) is 5.54 Å². The van der Waals surface area contributed by atoms with Gasteiger partial charge in [-0.15, -0.1) is 0 Å². The van der Waals surface area contributed by atoms with Gasteiger partial charge in [-0.3, -0.25) is 9.69 Å². The Morgan fingerprint density at radius 3 is 2.60 bits per heavy atom. The van der Waals surface area contributed by atoms with Crippen LogP contribution in [0.2, 0.25) is 5.02 Å². The highest BCUT2D eigenvalue weighted by atomic mass is 35.5. The van der Waals surface area contributed by atoms with Crippen molar-refractivity contribution in [3.8, 4) is 0 Å². The normalized spacial score (nSPS) is 11.8. The fraction of sp³-hybridized carbons (Fsp3) is 0.533. The highest BCUT2D eigenvalue weighted by Gasteiger charge is 2.26. The molecule has 2 N–H and O–H groups in total. The molecule has 0 saturated heterocycles. The number of anilines is 1. The zero-order chi connectivity index (χ0) is 15.3. The zero-order valence-corrected chi connectivity index (χ0v) is 13.3. The van der Waals surface area contributed by atoms with Crippen LogP contribution >= 0.6 is 11.6 Å². The molecule has 1 aromatic rings. The Morgan fingerprint density at radius 2 is 2.10 bits per heavy atom. The molecule has 1 amide bonds. The molecule has 0 spiro atoms. The predicted molar refractivity (Wildman–Crippen MR) is 83.2 cm³/mol. The zero-order valence-electron chi connectivity index (χ0n) is 12.5. The van der Waals surface area contributed by atoms with Crippen molar-refractivity contribution < 1.29 is 9.90 Å². The molecule has 0 aliphatic rings. The van der Waals surface area contributed by atoms with Crippen molar-refractivity contribution in [2.24, 2.45) is 0 Å². The summed E-state index contributed by atoms with van der Waals surface area (Å²) in [5, 5.41) is 12.8. The van der Waals surface area contributed by atoms with E-state index in [9.17, 15) is 9.90 Å². The number of nitrogens with zero attached hydrogens (tertiary/aromatic N) is 1. The molecule has 0 aliphatic heterocycles. The van der Waals surface area contributed by atoms with Gasteiger partial charge in [0.2, 0.25) is 5.91 Å². The van der Waals surface area contributed by atoms with Crippen LogP contribution in [0.5, 0.6) is 0 Å². The minimum atomic E-state index is -0.429. The summed E-state index contributed by atoms with van der Waals surface area (Å²) in [6.07, 6.45) is 0. The molecule has 20 heavy (non-hydrogen) atoms. The quantitative estimate of drug-likeness (QED) is 0.849. The molecule has 4 nitrogen and oxygen atoms in total. The highest BCUT2D eigenvalue weighted by molar-refractivity contribution is 6.33. The second-order valence-corrected chi connectivity index (χ2v) is 5.87. The molecule has 0 unspecified atom stereocenters. The number of aliphatic hydroxyl groups is 1. The molecule has 0 aromatic heterocycles. The second kappa shape index (κ2) is 7.07. The van der Waals surface area contributed by atoms with Crippen LogP contribution in [0.4, 0.5) is 5.69 Å². The first-order chi connectivity index (χ1) is 9.31. The molecule has 112 valence electrons. The second-order valence-electron chi connectivity index (χ2n) is 5.46. The Kier molecular flexibility index (Phi) is 5.99. The first-order valence-electron chi connectivity index (χ1n) is 6.72. The van der Waals surface area contributed by atoms with Crippen LogP contribution in [0.3, 0.4) is 0 Å². The average Bonchev–Trinajstić information content (AvgIpc) is 2.40. The number of benzene rings is 1. The van der Waals surface area contributed by atoms with Crippen molar-refractivity contribution in [3.63, 3.8) is 0 Å². The Morgan fingerprint density at radius 1 is 1.45 bits per heavy atom. The molecule has 5 heteroatoms. The summed E-state index contributed by atoms with van der Waals surface area (Å²) < 4.78 is 0. The molecule has 0 bridgehead atoms. The highest BCUT2D eigenvalue weighted by Crippen LogP contribution is 2.25. The van der Waals surface area contributed by atoms with E-state index in [1.165, 1.54) is 0 Å². The largest absolute Gasteiger partial charge is 0.394 e. The van der Waals surface area contributed by atoms with Crippen molar-refractivity contribution >= 4 is 23.2 Å². The predicted octanol–water partition coefficient (Wildman–Crippen LogP) is 2.68. The molecule has 0 radical (unpaired) electrons. The Hall–Kier alpha value is -1.10. The lowest BCUT2D eigenvalue weighted by Gasteiger charge is -2.35. The number of carbonyl (C=O) groups is 1. The summed E-state index contributed by atoms with van der Waals surface area (Å²) >= 11 is 6.09. The van der Waals surface area contributed by atoms with Gasteiger partial charge in [0.1, 0.15) is 0 Å². The Bertz CT molecular complexity index is 455. The minimum Gasteiger partial charge on any atom is -0.394 e. The van der Waals surface area contributed by atoms with Crippen molar-refractivity contribution in [1.29, 1.82) is 0 Å². The molecule has 0 heterocycles. The van der Waals surface area contributed by atoms with Crippen molar-refractivity contribution in [2.45, 2.75) is 33.2 Å². The summed E-state index contributed by atoms with van der Waals surface area (Å²) in [5.41, 5.74) is 1.15. The van der Waals surface area contributed by atoms with Crippen molar-refractivity contribution in [1.82, 2.24) is 4.90 Å². The molecule has 0 aliphatic carbocycles. The maximum Gasteiger partial charge on any atom is 0.238 e. The standard InChI is InChI=1S/C15H23ClN2O2/c1-5-18(15(3,4)10-19)9-13(20)17-14-11(2)7-6-8-12(14)16/h6-8,19H,5,9-10H2,1-4H3,(H,17,20). The molecular formula is C15H23ClN2O2. The molecular weight excluding hydrogens is 276 g/mol. The van der Waals surface area contributed by atoms with Crippen LogP contribution in [0, 0.1) is 6.92 Å². The van der Waals surface area contributed by atoms with Crippen LogP contribution in [-0.2, 0) is 4.79 Å². The van der Waals surface area contributed by atoms with Crippen molar-refractivity contribution in [3.05, 3.63) is 28.8 Å². The summed E-state index contributed by atoms with van der Waals surface area (Å²) in [6.45, 7) is 8.58. The van der Waals surface area contributed by atoms with Gasteiger partial charge in [0.15, 0.2) is 0 Å². The van der Waals surface area contributed by atoms with Gasteiger partial charge >= 0.3 is 0 Å². The topological polar surface area (TPSA) is 52.6 Å². The number of hydrogen-bond donors (Lipinski definition) is 2.